The molecule has 0 saturated heterocycles. The molecule has 4 nitrogen and oxygen atoms in total. The highest BCUT2D eigenvalue weighted by molar-refractivity contribution is 5.76. The van der Waals surface area contributed by atoms with Gasteiger partial charge >= 0.3 is 0 Å². The van der Waals surface area contributed by atoms with E-state index in [2.05, 4.69) is 19.2 Å². The lowest BCUT2D eigenvalue weighted by Gasteiger charge is -2.21. The summed E-state index contributed by atoms with van der Waals surface area (Å²) >= 11 is 0. The van der Waals surface area contributed by atoms with E-state index in [0.717, 1.165) is 25.7 Å². The van der Waals surface area contributed by atoms with Gasteiger partial charge in [0.05, 0.1) is 18.8 Å². The second kappa shape index (κ2) is 14.1. The molecule has 124 valence electrons. The summed E-state index contributed by atoms with van der Waals surface area (Å²) in [6.07, 6.45) is 11.1. The Labute approximate surface area is 130 Å². The Morgan fingerprint density at radius 1 is 1.19 bits per heavy atom. The number of amides is 1. The SMILES string of the molecule is CCC/C=C/[C@@H](O)[C@H](COC)NC(=O)CCCCCCC. The smallest absolute Gasteiger partial charge is 0.220 e. The molecule has 0 unspecified atom stereocenters. The van der Waals surface area contributed by atoms with Crippen LogP contribution in [0.3, 0.4) is 0 Å². The molecule has 0 spiro atoms. The van der Waals surface area contributed by atoms with Crippen molar-refractivity contribution in [1.82, 2.24) is 5.32 Å². The zero-order chi connectivity index (χ0) is 15.9. The fraction of sp³-hybridized carbons (Fsp3) is 0.824. The maximum absolute atomic E-state index is 11.9. The summed E-state index contributed by atoms with van der Waals surface area (Å²) in [7, 11) is 1.58. The van der Waals surface area contributed by atoms with Crippen molar-refractivity contribution in [3.8, 4) is 0 Å². The second-order valence-electron chi connectivity index (χ2n) is 5.50. The van der Waals surface area contributed by atoms with Crippen LogP contribution in [0.1, 0.15) is 65.2 Å². The Bertz CT molecular complexity index is 279. The van der Waals surface area contributed by atoms with Crippen molar-refractivity contribution in [2.45, 2.75) is 77.4 Å². The Balaban J connectivity index is 4.07. The first-order chi connectivity index (χ1) is 10.2. The minimum absolute atomic E-state index is 0.00325. The van der Waals surface area contributed by atoms with Gasteiger partial charge in [0.1, 0.15) is 0 Å². The molecular formula is C17H33NO3. The first-order valence-corrected chi connectivity index (χ1v) is 8.28. The maximum Gasteiger partial charge on any atom is 0.220 e. The normalized spacial score (nSPS) is 14.3. The van der Waals surface area contributed by atoms with Crippen LogP contribution in [0.5, 0.6) is 0 Å². The van der Waals surface area contributed by atoms with Gasteiger partial charge in [0.25, 0.3) is 0 Å². The Morgan fingerprint density at radius 3 is 2.52 bits per heavy atom. The molecule has 0 aliphatic carbocycles. The summed E-state index contributed by atoms with van der Waals surface area (Å²) in [5.74, 6) is -0.00325. The number of methoxy groups -OCH3 is 1. The summed E-state index contributed by atoms with van der Waals surface area (Å²) in [4.78, 5) is 11.9. The Morgan fingerprint density at radius 2 is 1.90 bits per heavy atom. The first kappa shape index (κ1) is 20.1. The number of rotatable bonds is 13. The number of ether oxygens (including phenoxy) is 1. The van der Waals surface area contributed by atoms with Gasteiger partial charge in [-0.15, -0.1) is 0 Å². The van der Waals surface area contributed by atoms with Crippen LogP contribution in [-0.4, -0.2) is 36.9 Å². The van der Waals surface area contributed by atoms with Gasteiger partial charge in [-0.1, -0.05) is 58.1 Å². The Hall–Kier alpha value is -0.870. The molecule has 1 amide bonds. The maximum atomic E-state index is 11.9. The zero-order valence-corrected chi connectivity index (χ0v) is 13.9. The van der Waals surface area contributed by atoms with Crippen LogP contribution in [0.15, 0.2) is 12.2 Å². The number of hydrogen-bond donors (Lipinski definition) is 2. The fourth-order valence-electron chi connectivity index (χ4n) is 2.11. The number of hydrogen-bond acceptors (Lipinski definition) is 3. The average Bonchev–Trinajstić information content (AvgIpc) is 2.46. The van der Waals surface area contributed by atoms with E-state index in [4.69, 9.17) is 4.74 Å². The molecule has 0 bridgehead atoms. The molecule has 0 aliphatic rings. The summed E-state index contributed by atoms with van der Waals surface area (Å²) in [6, 6.07) is -0.369. The molecule has 0 aromatic heterocycles. The lowest BCUT2D eigenvalue weighted by atomic mass is 10.1. The van der Waals surface area contributed by atoms with E-state index in [1.165, 1.54) is 19.3 Å². The summed E-state index contributed by atoms with van der Waals surface area (Å²) < 4.78 is 5.08. The Kier molecular flexibility index (Phi) is 13.5. The summed E-state index contributed by atoms with van der Waals surface area (Å²) in [5.41, 5.74) is 0. The number of carbonyl (C=O) groups excluding carboxylic acids is 1. The van der Waals surface area contributed by atoms with Gasteiger partial charge in [-0.3, -0.25) is 4.79 Å². The molecule has 0 aromatic carbocycles. The van der Waals surface area contributed by atoms with Crippen LogP contribution >= 0.6 is 0 Å². The van der Waals surface area contributed by atoms with Crippen molar-refractivity contribution in [1.29, 1.82) is 0 Å². The lowest BCUT2D eigenvalue weighted by Crippen LogP contribution is -2.45. The number of nitrogens with one attached hydrogen (secondary N) is 1. The fourth-order valence-corrected chi connectivity index (χ4v) is 2.11. The molecule has 0 heterocycles. The van der Waals surface area contributed by atoms with Gasteiger partial charge in [-0.05, 0) is 12.8 Å². The third-order valence-corrected chi connectivity index (χ3v) is 3.40. The van der Waals surface area contributed by atoms with Crippen LogP contribution in [0, 0.1) is 0 Å². The summed E-state index contributed by atoms with van der Waals surface area (Å²) in [6.45, 7) is 4.58. The molecule has 0 rings (SSSR count). The van der Waals surface area contributed by atoms with E-state index in [-0.39, 0.29) is 11.9 Å². The quantitative estimate of drug-likeness (QED) is 0.405. The third kappa shape index (κ3) is 11.5. The highest BCUT2D eigenvalue weighted by Crippen LogP contribution is 2.06. The van der Waals surface area contributed by atoms with Crippen LogP contribution in [-0.2, 0) is 9.53 Å². The van der Waals surface area contributed by atoms with Crippen molar-refractivity contribution in [2.75, 3.05) is 13.7 Å². The average molecular weight is 299 g/mol. The number of carbonyl (C=O) groups is 1. The van der Waals surface area contributed by atoms with Gasteiger partial charge in [-0.2, -0.15) is 0 Å². The molecule has 0 aromatic rings. The van der Waals surface area contributed by atoms with Gasteiger partial charge in [0.2, 0.25) is 5.91 Å². The molecule has 0 fully saturated rings. The minimum atomic E-state index is -0.694. The van der Waals surface area contributed by atoms with E-state index in [0.29, 0.717) is 13.0 Å². The van der Waals surface area contributed by atoms with Crippen molar-refractivity contribution < 1.29 is 14.6 Å². The topological polar surface area (TPSA) is 58.6 Å². The second-order valence-corrected chi connectivity index (χ2v) is 5.50. The van der Waals surface area contributed by atoms with Crippen molar-refractivity contribution in [3.63, 3.8) is 0 Å². The third-order valence-electron chi connectivity index (χ3n) is 3.40. The van der Waals surface area contributed by atoms with Crippen molar-refractivity contribution in [3.05, 3.63) is 12.2 Å². The van der Waals surface area contributed by atoms with E-state index in [9.17, 15) is 9.90 Å². The predicted molar refractivity (Wildman–Crippen MR) is 87.2 cm³/mol. The van der Waals surface area contributed by atoms with Gasteiger partial charge in [0, 0.05) is 13.5 Å². The zero-order valence-electron chi connectivity index (χ0n) is 13.9. The standard InChI is InChI=1S/C17H33NO3/c1-4-6-8-9-11-13-17(20)18-15(14-21-3)16(19)12-10-7-5-2/h10,12,15-16,19H,4-9,11,13-14H2,1-3H3,(H,18,20)/b12-10+/t15-,16+/m0/s1. The minimum Gasteiger partial charge on any atom is -0.387 e. The number of allylic oxidation sites excluding steroid dienone is 1. The molecule has 0 aliphatic heterocycles. The lowest BCUT2D eigenvalue weighted by molar-refractivity contribution is -0.123. The van der Waals surface area contributed by atoms with Gasteiger partial charge in [0.15, 0.2) is 0 Å². The van der Waals surface area contributed by atoms with Gasteiger partial charge in [-0.25, -0.2) is 0 Å². The van der Waals surface area contributed by atoms with Crippen LogP contribution in [0.25, 0.3) is 0 Å². The molecule has 21 heavy (non-hydrogen) atoms. The highest BCUT2D eigenvalue weighted by Gasteiger charge is 2.18. The van der Waals surface area contributed by atoms with Crippen molar-refractivity contribution in [2.24, 2.45) is 0 Å². The van der Waals surface area contributed by atoms with Gasteiger partial charge < -0.3 is 15.2 Å². The van der Waals surface area contributed by atoms with E-state index in [1.807, 2.05) is 6.08 Å². The molecule has 0 saturated carbocycles. The first-order valence-electron chi connectivity index (χ1n) is 8.28. The largest absolute Gasteiger partial charge is 0.387 e. The highest BCUT2D eigenvalue weighted by atomic mass is 16.5. The molecule has 2 atom stereocenters. The molecule has 0 radical (unpaired) electrons. The van der Waals surface area contributed by atoms with Crippen LogP contribution in [0.2, 0.25) is 0 Å². The molecule has 4 heteroatoms. The number of aliphatic hydroxyl groups excluding tert-OH is 1. The number of unbranched alkanes of at least 4 members (excludes halogenated alkanes) is 5. The van der Waals surface area contributed by atoms with E-state index < -0.39 is 6.10 Å². The molecule has 2 N–H and O–H groups in total. The predicted octanol–water partition coefficient (Wildman–Crippen LogP) is 3.20. The van der Waals surface area contributed by atoms with E-state index in [1.54, 1.807) is 13.2 Å². The number of aliphatic hydroxyl groups is 1. The van der Waals surface area contributed by atoms with E-state index >= 15 is 0 Å². The van der Waals surface area contributed by atoms with Crippen LogP contribution < -0.4 is 5.32 Å². The molecular weight excluding hydrogens is 266 g/mol. The van der Waals surface area contributed by atoms with Crippen molar-refractivity contribution >= 4 is 5.91 Å². The van der Waals surface area contributed by atoms with Crippen LogP contribution in [0.4, 0.5) is 0 Å². The summed E-state index contributed by atoms with van der Waals surface area (Å²) in [5, 5.41) is 12.9. The monoisotopic (exact) mass is 299 g/mol.